The fourth-order valence-corrected chi connectivity index (χ4v) is 2.46. The lowest BCUT2D eigenvalue weighted by Gasteiger charge is -2.20. The second-order valence-corrected chi connectivity index (χ2v) is 5.02. The molecule has 0 amide bonds. The first-order valence-corrected chi connectivity index (χ1v) is 6.49. The number of carbonyl (C=O) groups excluding carboxylic acids is 1. The predicted molar refractivity (Wildman–Crippen MR) is 64.6 cm³/mol. The summed E-state index contributed by atoms with van der Waals surface area (Å²) >= 11 is 1.71. The fourth-order valence-electron chi connectivity index (χ4n) is 1.80. The predicted octanol–water partition coefficient (Wildman–Crippen LogP) is 1.93. The summed E-state index contributed by atoms with van der Waals surface area (Å²) in [6, 6.07) is 2.74. The minimum atomic E-state index is 0.171. The van der Waals surface area contributed by atoms with Crippen molar-refractivity contribution in [2.45, 2.75) is 25.4 Å². The topological polar surface area (TPSA) is 29.5 Å². The molecule has 4 heteroatoms. The highest BCUT2D eigenvalue weighted by Gasteiger charge is 2.30. The van der Waals surface area contributed by atoms with Gasteiger partial charge < -0.3 is 4.74 Å². The summed E-state index contributed by atoms with van der Waals surface area (Å²) in [5.74, 6) is 0.171. The molecule has 0 radical (unpaired) electrons. The highest BCUT2D eigenvalue weighted by molar-refractivity contribution is 7.07. The first-order valence-electron chi connectivity index (χ1n) is 5.55. The molecule has 0 atom stereocenters. The molecular formula is C12H17NO2S. The molecule has 1 heterocycles. The normalized spacial score (nSPS) is 15.6. The Balaban J connectivity index is 1.87. The molecule has 0 aliphatic heterocycles. The smallest absolute Gasteiger partial charge is 0.172 e. The van der Waals surface area contributed by atoms with Crippen LogP contribution in [0.5, 0.6) is 0 Å². The van der Waals surface area contributed by atoms with E-state index in [-0.39, 0.29) is 12.4 Å². The highest BCUT2D eigenvalue weighted by atomic mass is 32.1. The van der Waals surface area contributed by atoms with Crippen LogP contribution >= 0.6 is 11.3 Å². The van der Waals surface area contributed by atoms with Crippen LogP contribution in [0.2, 0.25) is 0 Å². The summed E-state index contributed by atoms with van der Waals surface area (Å²) in [4.78, 5) is 13.8. The number of ketones is 1. The van der Waals surface area contributed by atoms with Crippen LogP contribution in [-0.4, -0.2) is 37.0 Å². The molecule has 16 heavy (non-hydrogen) atoms. The molecule has 88 valence electrons. The van der Waals surface area contributed by atoms with E-state index in [4.69, 9.17) is 4.74 Å². The first-order chi connectivity index (χ1) is 7.79. The van der Waals surface area contributed by atoms with Gasteiger partial charge in [-0.05, 0) is 35.2 Å². The summed E-state index contributed by atoms with van der Waals surface area (Å²) in [6.07, 6.45) is 2.45. The van der Waals surface area contributed by atoms with Crippen LogP contribution in [0.25, 0.3) is 0 Å². The summed E-state index contributed by atoms with van der Waals surface area (Å²) in [5, 5.41) is 4.23. The number of rotatable bonds is 7. The minimum absolute atomic E-state index is 0.171. The summed E-state index contributed by atoms with van der Waals surface area (Å²) < 4.78 is 4.87. The lowest BCUT2D eigenvalue weighted by atomic mass is 10.3. The number of hydrogen-bond acceptors (Lipinski definition) is 4. The Bertz CT molecular complexity index is 333. The van der Waals surface area contributed by atoms with Gasteiger partial charge >= 0.3 is 0 Å². The third kappa shape index (κ3) is 3.40. The summed E-state index contributed by atoms with van der Waals surface area (Å²) in [5.41, 5.74) is 1.31. The molecule has 1 aromatic heterocycles. The SMILES string of the molecule is COCC(=O)CN(Cc1ccsc1)C1CC1. The van der Waals surface area contributed by atoms with Gasteiger partial charge in [0.2, 0.25) is 0 Å². The first kappa shape index (κ1) is 11.8. The molecule has 0 spiro atoms. The van der Waals surface area contributed by atoms with Crippen LogP contribution in [0.4, 0.5) is 0 Å². The molecule has 3 nitrogen and oxygen atoms in total. The molecule has 1 aliphatic carbocycles. The fraction of sp³-hybridized carbons (Fsp3) is 0.583. The zero-order valence-electron chi connectivity index (χ0n) is 9.52. The van der Waals surface area contributed by atoms with E-state index in [0.29, 0.717) is 12.6 Å². The van der Waals surface area contributed by atoms with E-state index in [1.807, 2.05) is 0 Å². The van der Waals surface area contributed by atoms with E-state index in [9.17, 15) is 4.79 Å². The standard InChI is InChI=1S/C12H17NO2S/c1-15-8-12(14)7-13(11-2-3-11)6-10-4-5-16-9-10/h4-5,9,11H,2-3,6-8H2,1H3. The number of Topliss-reactive ketones (excluding diaryl/α,β-unsaturated/α-hetero) is 1. The van der Waals surface area contributed by atoms with Gasteiger partial charge in [-0.15, -0.1) is 0 Å². The maximum atomic E-state index is 11.6. The van der Waals surface area contributed by atoms with Gasteiger partial charge in [-0.3, -0.25) is 9.69 Å². The van der Waals surface area contributed by atoms with Crippen molar-refractivity contribution >= 4 is 17.1 Å². The molecule has 0 aromatic carbocycles. The van der Waals surface area contributed by atoms with Gasteiger partial charge in [-0.1, -0.05) is 0 Å². The monoisotopic (exact) mass is 239 g/mol. The Morgan fingerprint density at radius 3 is 3.00 bits per heavy atom. The highest BCUT2D eigenvalue weighted by Crippen LogP contribution is 2.28. The van der Waals surface area contributed by atoms with Gasteiger partial charge in [-0.2, -0.15) is 11.3 Å². The quantitative estimate of drug-likeness (QED) is 0.728. The van der Waals surface area contributed by atoms with Crippen LogP contribution in [0.1, 0.15) is 18.4 Å². The van der Waals surface area contributed by atoms with Gasteiger partial charge in [0, 0.05) is 19.7 Å². The van der Waals surface area contributed by atoms with Crippen molar-refractivity contribution in [1.29, 1.82) is 0 Å². The Hall–Kier alpha value is -0.710. The maximum absolute atomic E-state index is 11.6. The molecule has 0 unspecified atom stereocenters. The molecule has 1 saturated carbocycles. The summed E-state index contributed by atoms with van der Waals surface area (Å²) in [6.45, 7) is 1.64. The Kier molecular flexibility index (Phi) is 4.09. The molecule has 0 saturated heterocycles. The van der Waals surface area contributed by atoms with E-state index in [1.54, 1.807) is 18.4 Å². The van der Waals surface area contributed by atoms with Crippen molar-refractivity contribution in [2.75, 3.05) is 20.3 Å². The van der Waals surface area contributed by atoms with Crippen LogP contribution < -0.4 is 0 Å². The van der Waals surface area contributed by atoms with E-state index >= 15 is 0 Å². The second kappa shape index (κ2) is 5.57. The van der Waals surface area contributed by atoms with E-state index in [2.05, 4.69) is 21.7 Å². The largest absolute Gasteiger partial charge is 0.377 e. The number of carbonyl (C=O) groups is 1. The van der Waals surface area contributed by atoms with Crippen molar-refractivity contribution in [3.8, 4) is 0 Å². The number of ether oxygens (including phenoxy) is 1. The number of nitrogens with zero attached hydrogens (tertiary/aromatic N) is 1. The van der Waals surface area contributed by atoms with Crippen LogP contribution in [0.15, 0.2) is 16.8 Å². The van der Waals surface area contributed by atoms with Crippen molar-refractivity contribution in [3.05, 3.63) is 22.4 Å². The molecule has 2 rings (SSSR count). The summed E-state index contributed by atoms with van der Waals surface area (Å²) in [7, 11) is 1.57. The lowest BCUT2D eigenvalue weighted by Crippen LogP contribution is -2.32. The lowest BCUT2D eigenvalue weighted by molar-refractivity contribution is -0.124. The van der Waals surface area contributed by atoms with Crippen LogP contribution in [0, 0.1) is 0 Å². The van der Waals surface area contributed by atoms with Crippen LogP contribution in [0.3, 0.4) is 0 Å². The molecule has 1 aliphatic rings. The zero-order valence-corrected chi connectivity index (χ0v) is 10.3. The van der Waals surface area contributed by atoms with Crippen molar-refractivity contribution in [3.63, 3.8) is 0 Å². The Morgan fingerprint density at radius 2 is 2.44 bits per heavy atom. The third-order valence-corrected chi connectivity index (χ3v) is 3.45. The zero-order chi connectivity index (χ0) is 11.4. The van der Waals surface area contributed by atoms with Crippen LogP contribution in [-0.2, 0) is 16.1 Å². The van der Waals surface area contributed by atoms with Crippen molar-refractivity contribution < 1.29 is 9.53 Å². The molecule has 0 bridgehead atoms. The molecule has 1 aromatic rings. The van der Waals surface area contributed by atoms with Crippen molar-refractivity contribution in [1.82, 2.24) is 4.90 Å². The Labute approximate surface area is 100 Å². The number of hydrogen-bond donors (Lipinski definition) is 0. The van der Waals surface area contributed by atoms with Gasteiger partial charge in [0.25, 0.3) is 0 Å². The molecular weight excluding hydrogens is 222 g/mol. The van der Waals surface area contributed by atoms with Gasteiger partial charge in [0.05, 0.1) is 6.54 Å². The average Bonchev–Trinajstić information content (AvgIpc) is 2.98. The molecule has 0 N–H and O–H groups in total. The van der Waals surface area contributed by atoms with Gasteiger partial charge in [0.15, 0.2) is 5.78 Å². The average molecular weight is 239 g/mol. The van der Waals surface area contributed by atoms with E-state index < -0.39 is 0 Å². The van der Waals surface area contributed by atoms with Crippen molar-refractivity contribution in [2.24, 2.45) is 0 Å². The van der Waals surface area contributed by atoms with E-state index in [1.165, 1.54) is 18.4 Å². The maximum Gasteiger partial charge on any atom is 0.172 e. The van der Waals surface area contributed by atoms with E-state index in [0.717, 1.165) is 6.54 Å². The number of methoxy groups -OCH3 is 1. The molecule has 1 fully saturated rings. The third-order valence-electron chi connectivity index (χ3n) is 2.71. The Morgan fingerprint density at radius 1 is 1.62 bits per heavy atom. The second-order valence-electron chi connectivity index (χ2n) is 4.24. The van der Waals surface area contributed by atoms with Gasteiger partial charge in [0.1, 0.15) is 6.61 Å². The minimum Gasteiger partial charge on any atom is -0.377 e. The number of thiophene rings is 1. The van der Waals surface area contributed by atoms with Gasteiger partial charge in [-0.25, -0.2) is 0 Å².